The number of rotatable bonds is 3. The average molecular weight is 460 g/mol. The standard InChI is InChI=1S/C18H10BrN3O3S2/c19-8-5-6-11-10(7-8)13(16(24)21-11)14-17(25)22(18(26)27-14)12-4-2-1-3-9(12)15(20)23/h1-7,25H,(H2,20,23). The van der Waals surface area contributed by atoms with Gasteiger partial charge in [-0.1, -0.05) is 28.1 Å². The van der Waals surface area contributed by atoms with Crippen LogP contribution in [0.25, 0.3) is 11.3 Å². The average Bonchev–Trinajstić information content (AvgIpc) is 3.09. The number of nitrogens with zero attached hydrogens (tertiary/aromatic N) is 2. The first-order chi connectivity index (χ1) is 12.9. The van der Waals surface area contributed by atoms with Gasteiger partial charge >= 0.3 is 0 Å². The molecule has 134 valence electrons. The third-order valence-corrected chi connectivity index (χ3v) is 5.96. The van der Waals surface area contributed by atoms with Gasteiger partial charge in [0.25, 0.3) is 11.8 Å². The molecule has 2 aromatic carbocycles. The van der Waals surface area contributed by atoms with Crippen LogP contribution in [0, 0.1) is 3.95 Å². The molecule has 9 heteroatoms. The fourth-order valence-electron chi connectivity index (χ4n) is 2.92. The van der Waals surface area contributed by atoms with Crippen LogP contribution in [-0.2, 0) is 4.79 Å². The molecular weight excluding hydrogens is 450 g/mol. The van der Waals surface area contributed by atoms with E-state index in [9.17, 15) is 14.7 Å². The van der Waals surface area contributed by atoms with E-state index in [4.69, 9.17) is 18.0 Å². The summed E-state index contributed by atoms with van der Waals surface area (Å²) in [5, 5.41) is 12.0. The quantitative estimate of drug-likeness (QED) is 0.586. The van der Waals surface area contributed by atoms with E-state index in [0.29, 0.717) is 21.1 Å². The third kappa shape index (κ3) is 2.84. The Balaban J connectivity index is 2.04. The number of hydrogen-bond acceptors (Lipinski definition) is 5. The number of hydrogen-bond donors (Lipinski definition) is 2. The molecule has 2 amide bonds. The van der Waals surface area contributed by atoms with E-state index in [2.05, 4.69) is 20.9 Å². The molecule has 0 unspecified atom stereocenters. The lowest BCUT2D eigenvalue weighted by Gasteiger charge is -2.09. The third-order valence-electron chi connectivity index (χ3n) is 4.09. The summed E-state index contributed by atoms with van der Waals surface area (Å²) in [6, 6.07) is 11.8. The highest BCUT2D eigenvalue weighted by Gasteiger charge is 2.26. The molecule has 1 aliphatic rings. The molecule has 27 heavy (non-hydrogen) atoms. The van der Waals surface area contributed by atoms with Gasteiger partial charge in [0.1, 0.15) is 4.88 Å². The number of aromatic hydroxyl groups is 1. The topological polar surface area (TPSA) is 97.7 Å². The molecule has 1 aromatic heterocycles. The number of nitrogens with two attached hydrogens (primary N) is 1. The first-order valence-electron chi connectivity index (χ1n) is 7.66. The molecule has 1 aliphatic heterocycles. The van der Waals surface area contributed by atoms with Crippen LogP contribution >= 0.6 is 39.5 Å². The number of benzene rings is 2. The number of fused-ring (bicyclic) bond motifs is 1. The highest BCUT2D eigenvalue weighted by Crippen LogP contribution is 2.35. The van der Waals surface area contributed by atoms with Crippen LogP contribution in [-0.4, -0.2) is 21.5 Å². The molecular formula is C18H10BrN3O3S2. The molecule has 0 aliphatic carbocycles. The van der Waals surface area contributed by atoms with Crippen molar-refractivity contribution in [3.63, 3.8) is 0 Å². The second kappa shape index (κ2) is 6.52. The Bertz CT molecular complexity index is 1320. The van der Waals surface area contributed by atoms with Crippen molar-refractivity contribution < 1.29 is 14.7 Å². The first-order valence-corrected chi connectivity index (χ1v) is 9.67. The van der Waals surface area contributed by atoms with Crippen LogP contribution in [0.3, 0.4) is 0 Å². The van der Waals surface area contributed by atoms with Gasteiger partial charge in [0.15, 0.2) is 3.95 Å². The monoisotopic (exact) mass is 459 g/mol. The van der Waals surface area contributed by atoms with E-state index in [1.807, 2.05) is 0 Å². The molecule has 3 N–H and O–H groups in total. The smallest absolute Gasteiger partial charge is 0.279 e. The molecule has 0 saturated carbocycles. The van der Waals surface area contributed by atoms with Gasteiger partial charge < -0.3 is 10.8 Å². The zero-order valence-electron chi connectivity index (χ0n) is 13.5. The Labute approximate surface area is 170 Å². The minimum atomic E-state index is -0.645. The van der Waals surface area contributed by atoms with Gasteiger partial charge in [0.2, 0.25) is 5.88 Å². The number of carbonyl (C=O) groups is 2. The Hall–Kier alpha value is -2.62. The van der Waals surface area contributed by atoms with Crippen molar-refractivity contribution in [2.45, 2.75) is 0 Å². The van der Waals surface area contributed by atoms with Gasteiger partial charge in [-0.3, -0.25) is 14.2 Å². The molecule has 3 aromatic rings. The highest BCUT2D eigenvalue weighted by molar-refractivity contribution is 9.10. The molecule has 0 spiro atoms. The van der Waals surface area contributed by atoms with Crippen LogP contribution in [0.15, 0.2) is 51.9 Å². The molecule has 0 fully saturated rings. The fraction of sp³-hybridized carbons (Fsp3) is 0. The maximum atomic E-state index is 12.5. The Kier molecular flexibility index (Phi) is 4.29. The Morgan fingerprint density at radius 3 is 2.74 bits per heavy atom. The predicted molar refractivity (Wildman–Crippen MR) is 107 cm³/mol. The van der Waals surface area contributed by atoms with Gasteiger partial charge in [-0.2, -0.15) is 0 Å². The summed E-state index contributed by atoms with van der Waals surface area (Å²) in [6.07, 6.45) is 0. The Morgan fingerprint density at radius 2 is 2.00 bits per heavy atom. The second-order valence-corrected chi connectivity index (χ2v) is 8.25. The number of aromatic nitrogens is 1. The van der Waals surface area contributed by atoms with Gasteiger partial charge in [-0.25, -0.2) is 4.99 Å². The largest absolute Gasteiger partial charge is 0.493 e. The summed E-state index contributed by atoms with van der Waals surface area (Å²) in [5.74, 6) is -1.33. The molecule has 2 heterocycles. The van der Waals surface area contributed by atoms with E-state index in [1.54, 1.807) is 42.5 Å². The predicted octanol–water partition coefficient (Wildman–Crippen LogP) is 2.19. The van der Waals surface area contributed by atoms with Crippen LogP contribution in [0.2, 0.25) is 0 Å². The molecule has 4 rings (SSSR count). The van der Waals surface area contributed by atoms with Gasteiger partial charge in [-0.05, 0) is 42.5 Å². The second-order valence-electron chi connectivity index (χ2n) is 5.69. The Morgan fingerprint density at radius 1 is 1.26 bits per heavy atom. The summed E-state index contributed by atoms with van der Waals surface area (Å²) in [4.78, 5) is 28.6. The molecule has 6 nitrogen and oxygen atoms in total. The molecule has 0 radical (unpaired) electrons. The minimum absolute atomic E-state index is 0.212. The summed E-state index contributed by atoms with van der Waals surface area (Å²) < 4.78 is 2.40. The van der Waals surface area contributed by atoms with Crippen LogP contribution < -0.4 is 16.3 Å². The summed E-state index contributed by atoms with van der Waals surface area (Å²) in [7, 11) is 0. The van der Waals surface area contributed by atoms with Crippen molar-refractivity contribution in [1.82, 2.24) is 4.57 Å². The van der Waals surface area contributed by atoms with E-state index >= 15 is 0 Å². The number of carbonyl (C=O) groups excluding carboxylic acids is 2. The lowest BCUT2D eigenvalue weighted by Crippen LogP contribution is -2.22. The highest BCUT2D eigenvalue weighted by atomic mass is 79.9. The number of para-hydroxylation sites is 1. The van der Waals surface area contributed by atoms with Crippen molar-refractivity contribution in [2.24, 2.45) is 10.7 Å². The van der Waals surface area contributed by atoms with E-state index in [-0.39, 0.29) is 21.0 Å². The number of halogens is 1. The molecule has 0 bridgehead atoms. The van der Waals surface area contributed by atoms with Crippen molar-refractivity contribution in [2.75, 3.05) is 0 Å². The van der Waals surface area contributed by atoms with Crippen LogP contribution in [0.5, 0.6) is 5.88 Å². The molecule has 0 atom stereocenters. The first kappa shape index (κ1) is 17.8. The van der Waals surface area contributed by atoms with Crippen molar-refractivity contribution in [3.05, 3.63) is 71.9 Å². The summed E-state index contributed by atoms with van der Waals surface area (Å²) in [6.45, 7) is 0. The molecule has 0 saturated heterocycles. The number of thiazole rings is 1. The van der Waals surface area contributed by atoms with Gasteiger partial charge in [0.05, 0.1) is 22.2 Å². The lowest BCUT2D eigenvalue weighted by molar-refractivity contribution is -0.112. The van der Waals surface area contributed by atoms with Crippen molar-refractivity contribution >= 4 is 56.9 Å². The number of primary amides is 1. The van der Waals surface area contributed by atoms with E-state index in [1.165, 1.54) is 4.57 Å². The van der Waals surface area contributed by atoms with E-state index in [0.717, 1.165) is 15.8 Å². The van der Waals surface area contributed by atoms with E-state index < -0.39 is 11.8 Å². The fourth-order valence-corrected chi connectivity index (χ4v) is 4.65. The van der Waals surface area contributed by atoms with Gasteiger partial charge in [0, 0.05) is 9.69 Å². The van der Waals surface area contributed by atoms with Gasteiger partial charge in [-0.15, -0.1) is 11.3 Å². The normalized spacial score (nSPS) is 12.8. The summed E-state index contributed by atoms with van der Waals surface area (Å²) >= 11 is 9.84. The zero-order valence-corrected chi connectivity index (χ0v) is 16.7. The number of amides is 2. The van der Waals surface area contributed by atoms with Crippen LogP contribution in [0.4, 0.5) is 0 Å². The minimum Gasteiger partial charge on any atom is -0.493 e. The summed E-state index contributed by atoms with van der Waals surface area (Å²) in [5.41, 5.74) is 6.28. The van der Waals surface area contributed by atoms with Crippen molar-refractivity contribution in [3.8, 4) is 11.6 Å². The zero-order chi connectivity index (χ0) is 19.3. The maximum absolute atomic E-state index is 12.5. The van der Waals surface area contributed by atoms with Crippen LogP contribution in [0.1, 0.15) is 15.2 Å². The SMILES string of the molecule is NC(=O)c1ccccc1-n1c(O)c(C2=c3cc(Br)ccc3=NC2=O)sc1=S. The maximum Gasteiger partial charge on any atom is 0.279 e. The lowest BCUT2D eigenvalue weighted by atomic mass is 10.1. The van der Waals surface area contributed by atoms with Crippen molar-refractivity contribution in [1.29, 1.82) is 0 Å².